The van der Waals surface area contributed by atoms with Crippen LogP contribution in [-0.4, -0.2) is 36.7 Å². The fourth-order valence-corrected chi connectivity index (χ4v) is 1.80. The first-order valence-electron chi connectivity index (χ1n) is 8.46. The standard InChI is InChI=1S/C18H27N3O5/c1-5-13-6-8-14(9-7-13)25-12-16(23)21-20-15(22)10-11-19-17(24)26-18(2,3)4/h6-9H,5,10-12H2,1-4H3,(H,19,24)(H,20,22)(H,21,23). The summed E-state index contributed by atoms with van der Waals surface area (Å²) in [6.45, 7) is 7.16. The van der Waals surface area contributed by atoms with Crippen LogP contribution in [0.25, 0.3) is 0 Å². The third-order valence-corrected chi connectivity index (χ3v) is 3.06. The van der Waals surface area contributed by atoms with Crippen molar-refractivity contribution < 1.29 is 23.9 Å². The zero-order chi connectivity index (χ0) is 19.6. The first-order valence-corrected chi connectivity index (χ1v) is 8.46. The molecule has 0 aliphatic carbocycles. The number of aryl methyl sites for hydroxylation is 1. The Bertz CT molecular complexity index is 608. The summed E-state index contributed by atoms with van der Waals surface area (Å²) in [6, 6.07) is 7.42. The zero-order valence-electron chi connectivity index (χ0n) is 15.7. The number of hydrazine groups is 1. The molecule has 0 aliphatic heterocycles. The van der Waals surface area contributed by atoms with E-state index in [4.69, 9.17) is 9.47 Å². The van der Waals surface area contributed by atoms with E-state index in [1.54, 1.807) is 32.9 Å². The van der Waals surface area contributed by atoms with Gasteiger partial charge >= 0.3 is 6.09 Å². The number of ether oxygens (including phenoxy) is 2. The molecule has 0 atom stereocenters. The van der Waals surface area contributed by atoms with Gasteiger partial charge in [0, 0.05) is 13.0 Å². The lowest BCUT2D eigenvalue weighted by Gasteiger charge is -2.19. The third-order valence-electron chi connectivity index (χ3n) is 3.06. The summed E-state index contributed by atoms with van der Waals surface area (Å²) in [5, 5.41) is 2.45. The van der Waals surface area contributed by atoms with E-state index in [2.05, 4.69) is 23.1 Å². The molecule has 0 aliphatic rings. The van der Waals surface area contributed by atoms with Crippen LogP contribution in [0.2, 0.25) is 0 Å². The van der Waals surface area contributed by atoms with Crippen LogP contribution in [0.4, 0.5) is 4.79 Å². The largest absolute Gasteiger partial charge is 0.484 e. The van der Waals surface area contributed by atoms with Crippen LogP contribution in [0, 0.1) is 0 Å². The van der Waals surface area contributed by atoms with Gasteiger partial charge in [-0.3, -0.25) is 20.4 Å². The van der Waals surface area contributed by atoms with Crippen LogP contribution < -0.4 is 20.9 Å². The van der Waals surface area contributed by atoms with Crippen molar-refractivity contribution in [3.05, 3.63) is 29.8 Å². The maximum atomic E-state index is 11.6. The van der Waals surface area contributed by atoms with Gasteiger partial charge in [0.05, 0.1) is 0 Å². The van der Waals surface area contributed by atoms with Gasteiger partial charge in [-0.25, -0.2) is 4.79 Å². The molecular weight excluding hydrogens is 338 g/mol. The van der Waals surface area contributed by atoms with Crippen LogP contribution in [-0.2, 0) is 20.7 Å². The SMILES string of the molecule is CCc1ccc(OCC(=O)NNC(=O)CCNC(=O)OC(C)(C)C)cc1. The zero-order valence-corrected chi connectivity index (χ0v) is 15.7. The molecule has 0 bridgehead atoms. The van der Waals surface area contributed by atoms with Gasteiger partial charge in [0.1, 0.15) is 11.4 Å². The lowest BCUT2D eigenvalue weighted by Crippen LogP contribution is -2.45. The van der Waals surface area contributed by atoms with Crippen molar-refractivity contribution in [3.8, 4) is 5.75 Å². The molecule has 0 saturated carbocycles. The maximum absolute atomic E-state index is 11.6. The molecule has 8 heteroatoms. The number of carbonyl (C=O) groups is 3. The number of benzene rings is 1. The lowest BCUT2D eigenvalue weighted by atomic mass is 10.2. The summed E-state index contributed by atoms with van der Waals surface area (Å²) in [4.78, 5) is 34.7. The van der Waals surface area contributed by atoms with Gasteiger partial charge in [0.15, 0.2) is 6.61 Å². The van der Waals surface area contributed by atoms with E-state index in [1.165, 1.54) is 5.56 Å². The number of hydrogen-bond acceptors (Lipinski definition) is 5. The molecule has 0 aromatic heterocycles. The molecule has 0 saturated heterocycles. The Kier molecular flexibility index (Phi) is 8.41. The van der Waals surface area contributed by atoms with E-state index < -0.39 is 23.5 Å². The maximum Gasteiger partial charge on any atom is 0.407 e. The second-order valence-corrected chi connectivity index (χ2v) is 6.56. The summed E-state index contributed by atoms with van der Waals surface area (Å²) < 4.78 is 10.4. The van der Waals surface area contributed by atoms with Crippen molar-refractivity contribution in [2.45, 2.75) is 46.1 Å². The van der Waals surface area contributed by atoms with Crippen molar-refractivity contribution in [2.75, 3.05) is 13.2 Å². The molecule has 0 spiro atoms. The van der Waals surface area contributed by atoms with Gasteiger partial charge in [0.2, 0.25) is 5.91 Å². The van der Waals surface area contributed by atoms with Crippen LogP contribution in [0.15, 0.2) is 24.3 Å². The summed E-state index contributed by atoms with van der Waals surface area (Å²) in [5.41, 5.74) is 5.07. The van der Waals surface area contributed by atoms with Crippen LogP contribution >= 0.6 is 0 Å². The van der Waals surface area contributed by atoms with Crippen molar-refractivity contribution in [2.24, 2.45) is 0 Å². The Hall–Kier alpha value is -2.77. The fourth-order valence-electron chi connectivity index (χ4n) is 1.80. The highest BCUT2D eigenvalue weighted by atomic mass is 16.6. The van der Waals surface area contributed by atoms with Crippen molar-refractivity contribution in [1.29, 1.82) is 0 Å². The molecule has 0 heterocycles. The van der Waals surface area contributed by atoms with E-state index in [0.717, 1.165) is 6.42 Å². The molecule has 0 radical (unpaired) electrons. The van der Waals surface area contributed by atoms with E-state index >= 15 is 0 Å². The number of hydrogen-bond donors (Lipinski definition) is 3. The Labute approximate surface area is 153 Å². The molecule has 3 N–H and O–H groups in total. The monoisotopic (exact) mass is 365 g/mol. The highest BCUT2D eigenvalue weighted by molar-refractivity contribution is 5.83. The Morgan fingerprint density at radius 3 is 2.19 bits per heavy atom. The fraction of sp³-hybridized carbons (Fsp3) is 0.500. The number of rotatable bonds is 7. The summed E-state index contributed by atoms with van der Waals surface area (Å²) in [5.74, 6) is -0.357. The van der Waals surface area contributed by atoms with Gasteiger partial charge in [-0.1, -0.05) is 19.1 Å². The normalized spacial score (nSPS) is 10.6. The van der Waals surface area contributed by atoms with Crippen molar-refractivity contribution >= 4 is 17.9 Å². The summed E-state index contributed by atoms with van der Waals surface area (Å²) in [7, 11) is 0. The van der Waals surface area contributed by atoms with E-state index in [9.17, 15) is 14.4 Å². The molecule has 26 heavy (non-hydrogen) atoms. The van der Waals surface area contributed by atoms with Gasteiger partial charge in [-0.05, 0) is 44.9 Å². The number of alkyl carbamates (subject to hydrolysis) is 1. The van der Waals surface area contributed by atoms with Gasteiger partial charge in [-0.15, -0.1) is 0 Å². The molecule has 8 nitrogen and oxygen atoms in total. The predicted octanol–water partition coefficient (Wildman–Crippen LogP) is 1.69. The van der Waals surface area contributed by atoms with Crippen LogP contribution in [0.5, 0.6) is 5.75 Å². The topological polar surface area (TPSA) is 106 Å². The molecule has 1 aromatic carbocycles. The molecule has 3 amide bonds. The second kappa shape index (κ2) is 10.3. The van der Waals surface area contributed by atoms with Crippen molar-refractivity contribution in [3.63, 3.8) is 0 Å². The first-order chi connectivity index (χ1) is 12.2. The highest BCUT2D eigenvalue weighted by Gasteiger charge is 2.15. The van der Waals surface area contributed by atoms with E-state index in [1.807, 2.05) is 12.1 Å². The molecule has 0 unspecified atom stereocenters. The molecule has 0 fully saturated rings. The highest BCUT2D eigenvalue weighted by Crippen LogP contribution is 2.12. The Balaban J connectivity index is 2.17. The minimum Gasteiger partial charge on any atom is -0.484 e. The minimum atomic E-state index is -0.600. The first kappa shape index (κ1) is 21.3. The number of carbonyl (C=O) groups excluding carboxylic acids is 3. The smallest absolute Gasteiger partial charge is 0.407 e. The predicted molar refractivity (Wildman–Crippen MR) is 96.5 cm³/mol. The van der Waals surface area contributed by atoms with E-state index in [0.29, 0.717) is 5.75 Å². The van der Waals surface area contributed by atoms with Crippen molar-refractivity contribution in [1.82, 2.24) is 16.2 Å². The second-order valence-electron chi connectivity index (χ2n) is 6.56. The minimum absolute atomic E-state index is 0.00113. The molecule has 1 aromatic rings. The summed E-state index contributed by atoms with van der Waals surface area (Å²) in [6.07, 6.45) is 0.325. The Morgan fingerprint density at radius 2 is 1.62 bits per heavy atom. The average molecular weight is 365 g/mol. The number of nitrogens with one attached hydrogen (secondary N) is 3. The Morgan fingerprint density at radius 1 is 1.00 bits per heavy atom. The summed E-state index contributed by atoms with van der Waals surface area (Å²) >= 11 is 0. The van der Waals surface area contributed by atoms with Crippen LogP contribution in [0.1, 0.15) is 39.7 Å². The third kappa shape index (κ3) is 9.51. The molecular formula is C18H27N3O5. The van der Waals surface area contributed by atoms with Crippen LogP contribution in [0.3, 0.4) is 0 Å². The van der Waals surface area contributed by atoms with E-state index in [-0.39, 0.29) is 19.6 Å². The number of amides is 3. The van der Waals surface area contributed by atoms with Gasteiger partial charge < -0.3 is 14.8 Å². The lowest BCUT2D eigenvalue weighted by molar-refractivity contribution is -0.129. The molecule has 144 valence electrons. The van der Waals surface area contributed by atoms with Gasteiger partial charge in [0.25, 0.3) is 5.91 Å². The quantitative estimate of drug-likeness (QED) is 0.638. The van der Waals surface area contributed by atoms with Gasteiger partial charge in [-0.2, -0.15) is 0 Å². The molecule has 1 rings (SSSR count). The average Bonchev–Trinajstić information content (AvgIpc) is 2.57.